The van der Waals surface area contributed by atoms with E-state index in [1.807, 2.05) is 11.0 Å². The number of carbonyl (C=O) groups excluding carboxylic acids is 1. The number of carbonyl (C=O) groups is 1. The van der Waals surface area contributed by atoms with Crippen LogP contribution < -0.4 is 5.32 Å². The number of rotatable bonds is 8. The Kier molecular flexibility index (Phi) is 8.07. The van der Waals surface area contributed by atoms with Gasteiger partial charge in [-0.05, 0) is 70.7 Å². The summed E-state index contributed by atoms with van der Waals surface area (Å²) in [7, 11) is -1.40. The van der Waals surface area contributed by atoms with Gasteiger partial charge in [0.15, 0.2) is 15.5 Å². The second kappa shape index (κ2) is 11.3. The topological polar surface area (TPSA) is 108 Å². The maximum absolute atomic E-state index is 13.7. The van der Waals surface area contributed by atoms with Crippen LogP contribution in [0.2, 0.25) is 5.02 Å². The highest BCUT2D eigenvalue weighted by atomic mass is 35.5. The van der Waals surface area contributed by atoms with E-state index in [1.165, 1.54) is 12.5 Å². The Morgan fingerprint density at radius 1 is 1.13 bits per heavy atom. The van der Waals surface area contributed by atoms with Gasteiger partial charge in [0.1, 0.15) is 18.2 Å². The predicted molar refractivity (Wildman–Crippen MR) is 152 cm³/mol. The van der Waals surface area contributed by atoms with Crippen LogP contribution in [0.25, 0.3) is 11.0 Å². The molecule has 3 heterocycles. The smallest absolute Gasteiger partial charge is 0.245 e. The van der Waals surface area contributed by atoms with Gasteiger partial charge in [-0.2, -0.15) is 0 Å². The van der Waals surface area contributed by atoms with Crippen LogP contribution in [0.5, 0.6) is 0 Å². The summed E-state index contributed by atoms with van der Waals surface area (Å²) >= 11 is 6.15. The molecule has 1 aliphatic carbocycles. The van der Waals surface area contributed by atoms with Crippen molar-refractivity contribution in [1.29, 1.82) is 0 Å². The molecule has 9 nitrogen and oxygen atoms in total. The zero-order valence-electron chi connectivity index (χ0n) is 22.5. The average molecular weight is 571 g/mol. The molecule has 2 fully saturated rings. The van der Waals surface area contributed by atoms with Crippen LogP contribution in [-0.2, 0) is 14.6 Å². The summed E-state index contributed by atoms with van der Waals surface area (Å²) in [6, 6.07) is 10.4. The summed E-state index contributed by atoms with van der Waals surface area (Å²) in [6.45, 7) is 4.87. The lowest BCUT2D eigenvalue weighted by Gasteiger charge is -2.44. The number of nitrogens with one attached hydrogen (secondary N) is 1. The molecule has 0 unspecified atom stereocenters. The summed E-state index contributed by atoms with van der Waals surface area (Å²) in [4.78, 5) is 31.1. The van der Waals surface area contributed by atoms with Crippen molar-refractivity contribution in [3.05, 3.63) is 53.9 Å². The first-order chi connectivity index (χ1) is 18.6. The number of anilines is 1. The first-order valence-corrected chi connectivity index (χ1v) is 15.5. The number of benzene rings is 1. The molecular weight excluding hydrogens is 536 g/mol. The lowest BCUT2D eigenvalue weighted by Crippen LogP contribution is -2.52. The van der Waals surface area contributed by atoms with Crippen LogP contribution in [0.1, 0.15) is 39.5 Å². The first-order valence-electron chi connectivity index (χ1n) is 13.5. The van der Waals surface area contributed by atoms with E-state index < -0.39 is 15.9 Å². The molecule has 1 saturated carbocycles. The molecule has 0 radical (unpaired) electrons. The highest BCUT2D eigenvalue weighted by molar-refractivity contribution is 7.91. The fourth-order valence-corrected chi connectivity index (χ4v) is 7.82. The Balaban J connectivity index is 1.37. The van der Waals surface area contributed by atoms with Gasteiger partial charge < -0.3 is 15.1 Å². The molecule has 0 bridgehead atoms. The molecule has 1 N–H and O–H groups in total. The van der Waals surface area contributed by atoms with E-state index in [2.05, 4.69) is 46.1 Å². The van der Waals surface area contributed by atoms with Crippen LogP contribution in [0.4, 0.5) is 5.82 Å². The van der Waals surface area contributed by atoms with Crippen molar-refractivity contribution >= 4 is 44.2 Å². The van der Waals surface area contributed by atoms with Gasteiger partial charge in [0, 0.05) is 30.9 Å². The number of amides is 1. The quantitative estimate of drug-likeness (QED) is 0.432. The minimum Gasteiger partial charge on any atom is -0.358 e. The first kappa shape index (κ1) is 27.7. The second-order valence-electron chi connectivity index (χ2n) is 10.9. The molecule has 5 rings (SSSR count). The summed E-state index contributed by atoms with van der Waals surface area (Å²) < 4.78 is 26.9. The monoisotopic (exact) mass is 570 g/mol. The van der Waals surface area contributed by atoms with Crippen molar-refractivity contribution in [1.82, 2.24) is 24.8 Å². The molecule has 3 aromatic rings. The predicted octanol–water partition coefficient (Wildman–Crippen LogP) is 4.04. The second-order valence-corrected chi connectivity index (χ2v) is 13.4. The van der Waals surface area contributed by atoms with Gasteiger partial charge in [0.05, 0.1) is 21.1 Å². The Bertz CT molecular complexity index is 1440. The minimum absolute atomic E-state index is 0.0205. The number of sulfone groups is 1. The van der Waals surface area contributed by atoms with E-state index >= 15 is 0 Å². The van der Waals surface area contributed by atoms with E-state index in [4.69, 9.17) is 11.6 Å². The number of nitrogens with zero attached hydrogens (tertiary/aromatic N) is 5. The molecule has 1 aliphatic heterocycles. The van der Waals surface area contributed by atoms with Crippen LogP contribution in [0.15, 0.2) is 53.8 Å². The number of hydrogen-bond donors (Lipinski definition) is 1. The summed E-state index contributed by atoms with van der Waals surface area (Å²) in [6.07, 6.45) is 5.96. The standard InChI is InChI=1S/C28H35ClN6O3S/c1-18(2)34(3)21-9-10-25(19(13-21)16-39(37,38)22-7-5-4-6-8-22)35-12-11-24(28(35)36)33-27-23-14-20(29)15-30-26(23)31-17-32-27/h4-8,14-15,17-19,21,24-25H,9-13,16H2,1-3H3,(H,30,31,32,33)/t19-,21-,24+,25+/m1/s1. The van der Waals surface area contributed by atoms with E-state index in [1.54, 1.807) is 30.3 Å². The van der Waals surface area contributed by atoms with Gasteiger partial charge in [0.2, 0.25) is 5.91 Å². The number of fused-ring (bicyclic) bond motifs is 1. The largest absolute Gasteiger partial charge is 0.358 e. The third-order valence-corrected chi connectivity index (χ3v) is 10.3. The van der Waals surface area contributed by atoms with Crippen molar-refractivity contribution in [2.75, 3.05) is 24.7 Å². The van der Waals surface area contributed by atoms with Gasteiger partial charge >= 0.3 is 0 Å². The van der Waals surface area contributed by atoms with Crippen LogP contribution in [0.3, 0.4) is 0 Å². The maximum Gasteiger partial charge on any atom is 0.245 e. The molecule has 1 aromatic carbocycles. The Labute approximate surface area is 234 Å². The molecule has 39 heavy (non-hydrogen) atoms. The molecule has 4 atom stereocenters. The molecule has 0 spiro atoms. The molecule has 208 valence electrons. The number of hydrogen-bond acceptors (Lipinski definition) is 8. The lowest BCUT2D eigenvalue weighted by atomic mass is 9.81. The van der Waals surface area contributed by atoms with Crippen molar-refractivity contribution in [2.45, 2.75) is 68.6 Å². The molecule has 2 aromatic heterocycles. The van der Waals surface area contributed by atoms with Crippen molar-refractivity contribution < 1.29 is 13.2 Å². The molecule has 1 amide bonds. The number of pyridine rings is 1. The Morgan fingerprint density at radius 3 is 2.64 bits per heavy atom. The van der Waals surface area contributed by atoms with Gasteiger partial charge in [-0.15, -0.1) is 0 Å². The van der Waals surface area contributed by atoms with E-state index in [9.17, 15) is 13.2 Å². The van der Waals surface area contributed by atoms with Gasteiger partial charge in [-0.3, -0.25) is 4.79 Å². The number of likely N-dealkylation sites (tertiary alicyclic amines) is 1. The van der Waals surface area contributed by atoms with Crippen LogP contribution in [-0.4, -0.2) is 82.6 Å². The fraction of sp³-hybridized carbons (Fsp3) is 0.500. The highest BCUT2D eigenvalue weighted by Gasteiger charge is 2.44. The molecular formula is C28H35ClN6O3S. The third-order valence-electron chi connectivity index (χ3n) is 8.25. The molecule has 11 heteroatoms. The highest BCUT2D eigenvalue weighted by Crippen LogP contribution is 2.36. The van der Waals surface area contributed by atoms with E-state index in [-0.39, 0.29) is 29.7 Å². The van der Waals surface area contributed by atoms with Crippen molar-refractivity contribution in [3.8, 4) is 0 Å². The number of aromatic nitrogens is 3. The zero-order valence-corrected chi connectivity index (χ0v) is 24.1. The number of halogens is 1. The lowest BCUT2D eigenvalue weighted by molar-refractivity contribution is -0.132. The zero-order chi connectivity index (χ0) is 27.7. The van der Waals surface area contributed by atoms with Gasteiger partial charge in [0.25, 0.3) is 0 Å². The van der Waals surface area contributed by atoms with Gasteiger partial charge in [-0.25, -0.2) is 23.4 Å². The van der Waals surface area contributed by atoms with E-state index in [0.717, 1.165) is 19.3 Å². The fourth-order valence-electron chi connectivity index (χ4n) is 5.98. The van der Waals surface area contributed by atoms with Gasteiger partial charge in [-0.1, -0.05) is 29.8 Å². The normalized spacial score (nSPS) is 24.2. The SMILES string of the molecule is CC(C)N(C)[C@@H]1CC[C@H](N2CC[C@H](Nc3ncnc4ncc(Cl)cc34)C2=O)[C@@H](CS(=O)(=O)c2ccccc2)C1. The average Bonchev–Trinajstić information content (AvgIpc) is 3.28. The Hall–Kier alpha value is -2.82. The van der Waals surface area contributed by atoms with Crippen LogP contribution in [0, 0.1) is 5.92 Å². The van der Waals surface area contributed by atoms with Crippen molar-refractivity contribution in [2.24, 2.45) is 5.92 Å². The molecule has 2 aliphatic rings. The molecule has 1 saturated heterocycles. The maximum atomic E-state index is 13.7. The minimum atomic E-state index is -3.51. The summed E-state index contributed by atoms with van der Waals surface area (Å²) in [5, 5.41) is 4.41. The van der Waals surface area contributed by atoms with Crippen molar-refractivity contribution in [3.63, 3.8) is 0 Å². The van der Waals surface area contributed by atoms with Crippen LogP contribution >= 0.6 is 11.6 Å². The van der Waals surface area contributed by atoms with E-state index in [0.29, 0.717) is 45.8 Å². The third kappa shape index (κ3) is 5.88. The summed E-state index contributed by atoms with van der Waals surface area (Å²) in [5.41, 5.74) is 0.498. The Morgan fingerprint density at radius 2 is 1.90 bits per heavy atom. The summed E-state index contributed by atoms with van der Waals surface area (Å²) in [5.74, 6) is 0.341.